The van der Waals surface area contributed by atoms with E-state index < -0.39 is 12.0 Å². The van der Waals surface area contributed by atoms with Crippen LogP contribution in [0, 0.1) is 0 Å². The molecule has 2 N–H and O–H groups in total. The Morgan fingerprint density at radius 1 is 1.33 bits per heavy atom. The van der Waals surface area contributed by atoms with Crippen LogP contribution in [0.3, 0.4) is 0 Å². The van der Waals surface area contributed by atoms with Gasteiger partial charge in [0.05, 0.1) is 0 Å². The summed E-state index contributed by atoms with van der Waals surface area (Å²) < 4.78 is 0. The van der Waals surface area contributed by atoms with Gasteiger partial charge in [-0.25, -0.2) is 4.79 Å². The Kier molecular flexibility index (Phi) is 3.85. The molecule has 0 radical (unpaired) electrons. The lowest BCUT2D eigenvalue weighted by Gasteiger charge is -2.13. The summed E-state index contributed by atoms with van der Waals surface area (Å²) in [6.45, 7) is 1.68. The molecule has 80 valence electrons. The van der Waals surface area contributed by atoms with Crippen molar-refractivity contribution in [2.45, 2.75) is 19.4 Å². The molecule has 15 heavy (non-hydrogen) atoms. The van der Waals surface area contributed by atoms with E-state index in [1.165, 1.54) is 0 Å². The molecule has 0 heterocycles. The molecule has 0 bridgehead atoms. The Balaban J connectivity index is 2.84. The molecule has 0 aromatic heterocycles. The fraction of sp³-hybridized carbons (Fsp3) is 0.273. The van der Waals surface area contributed by atoms with Gasteiger partial charge in [0.1, 0.15) is 0 Å². The maximum atomic E-state index is 11.1. The molecule has 0 aliphatic rings. The Bertz CT molecular complexity index is 348. The van der Waals surface area contributed by atoms with Crippen LogP contribution < -0.4 is 5.32 Å². The van der Waals surface area contributed by atoms with E-state index in [-0.39, 0.29) is 12.3 Å². The molecule has 4 heteroatoms. The van der Waals surface area contributed by atoms with Crippen LogP contribution in [-0.4, -0.2) is 17.0 Å². The minimum absolute atomic E-state index is 0.272. The first-order chi connectivity index (χ1) is 7.15. The molecule has 1 aromatic rings. The predicted octanol–water partition coefficient (Wildman–Crippen LogP) is 1.34. The van der Waals surface area contributed by atoms with Crippen molar-refractivity contribution in [2.24, 2.45) is 0 Å². The van der Waals surface area contributed by atoms with E-state index in [2.05, 4.69) is 5.32 Å². The second-order valence-corrected chi connectivity index (χ2v) is 3.10. The third-order valence-corrected chi connectivity index (χ3v) is 2.01. The van der Waals surface area contributed by atoms with E-state index >= 15 is 0 Å². The molecule has 0 aliphatic heterocycles. The van der Waals surface area contributed by atoms with Crippen LogP contribution in [0.5, 0.6) is 0 Å². The summed E-state index contributed by atoms with van der Waals surface area (Å²) in [6.07, 6.45) is 0.274. The van der Waals surface area contributed by atoms with E-state index in [1.807, 2.05) is 0 Å². The molecule has 1 atom stereocenters. The lowest BCUT2D eigenvalue weighted by Crippen LogP contribution is -2.33. The van der Waals surface area contributed by atoms with Gasteiger partial charge in [-0.2, -0.15) is 0 Å². The number of nitrogens with one attached hydrogen (secondary N) is 1. The zero-order chi connectivity index (χ0) is 11.3. The van der Waals surface area contributed by atoms with Gasteiger partial charge in [0.15, 0.2) is 6.04 Å². The highest BCUT2D eigenvalue weighted by Gasteiger charge is 2.20. The van der Waals surface area contributed by atoms with Gasteiger partial charge < -0.3 is 10.4 Å². The molecule has 0 aliphatic carbocycles. The van der Waals surface area contributed by atoms with E-state index in [0.717, 1.165) is 0 Å². The second kappa shape index (κ2) is 5.14. The Morgan fingerprint density at radius 3 is 2.40 bits per heavy atom. The van der Waals surface area contributed by atoms with Crippen LogP contribution in [0.4, 0.5) is 0 Å². The molecular formula is C11H13NO3. The summed E-state index contributed by atoms with van der Waals surface area (Å²) in [4.78, 5) is 22.1. The lowest BCUT2D eigenvalue weighted by atomic mass is 10.1. The van der Waals surface area contributed by atoms with Gasteiger partial charge in [0, 0.05) is 6.42 Å². The summed E-state index contributed by atoms with van der Waals surface area (Å²) in [5.41, 5.74) is 0.576. The normalized spacial score (nSPS) is 11.8. The van der Waals surface area contributed by atoms with Gasteiger partial charge in [-0.15, -0.1) is 0 Å². The number of carbonyl (C=O) groups excluding carboxylic acids is 1. The maximum Gasteiger partial charge on any atom is 0.330 e. The van der Waals surface area contributed by atoms with Crippen LogP contribution in [0.2, 0.25) is 0 Å². The van der Waals surface area contributed by atoms with Gasteiger partial charge in [-0.3, -0.25) is 4.79 Å². The SMILES string of the molecule is CCC(=O)NC(C(=O)O)c1ccccc1. The van der Waals surface area contributed by atoms with Crippen molar-refractivity contribution in [3.8, 4) is 0 Å². The van der Waals surface area contributed by atoms with Crippen molar-refractivity contribution in [1.82, 2.24) is 5.32 Å². The van der Waals surface area contributed by atoms with Crippen molar-refractivity contribution in [3.63, 3.8) is 0 Å². The number of rotatable bonds is 4. The molecule has 1 unspecified atom stereocenters. The topological polar surface area (TPSA) is 66.4 Å². The summed E-state index contributed by atoms with van der Waals surface area (Å²) in [5.74, 6) is -1.32. The van der Waals surface area contributed by atoms with Crippen LogP contribution in [-0.2, 0) is 9.59 Å². The molecular weight excluding hydrogens is 194 g/mol. The highest BCUT2D eigenvalue weighted by Crippen LogP contribution is 2.12. The molecule has 0 spiro atoms. The van der Waals surface area contributed by atoms with E-state index in [9.17, 15) is 9.59 Å². The van der Waals surface area contributed by atoms with Gasteiger partial charge in [-0.05, 0) is 5.56 Å². The molecule has 1 rings (SSSR count). The number of hydrogen-bond acceptors (Lipinski definition) is 2. The second-order valence-electron chi connectivity index (χ2n) is 3.10. The number of carboxylic acids is 1. The highest BCUT2D eigenvalue weighted by molar-refractivity contribution is 5.84. The smallest absolute Gasteiger partial charge is 0.330 e. The quantitative estimate of drug-likeness (QED) is 0.782. The molecule has 0 saturated heterocycles. The Morgan fingerprint density at radius 2 is 1.93 bits per heavy atom. The van der Waals surface area contributed by atoms with Crippen molar-refractivity contribution in [2.75, 3.05) is 0 Å². The van der Waals surface area contributed by atoms with Gasteiger partial charge in [-0.1, -0.05) is 37.3 Å². The fourth-order valence-electron chi connectivity index (χ4n) is 1.20. The highest BCUT2D eigenvalue weighted by atomic mass is 16.4. The lowest BCUT2D eigenvalue weighted by molar-refractivity contribution is -0.142. The number of benzene rings is 1. The number of carbonyl (C=O) groups is 2. The third-order valence-electron chi connectivity index (χ3n) is 2.01. The molecule has 0 saturated carbocycles. The molecule has 1 aromatic carbocycles. The zero-order valence-electron chi connectivity index (χ0n) is 8.43. The summed E-state index contributed by atoms with van der Waals surface area (Å²) in [6, 6.07) is 7.67. The van der Waals surface area contributed by atoms with Crippen LogP contribution >= 0.6 is 0 Å². The summed E-state index contributed by atoms with van der Waals surface area (Å²) in [5, 5.41) is 11.4. The predicted molar refractivity (Wildman–Crippen MR) is 55.3 cm³/mol. The average molecular weight is 207 g/mol. The van der Waals surface area contributed by atoms with Crippen LogP contribution in [0.1, 0.15) is 24.9 Å². The van der Waals surface area contributed by atoms with Gasteiger partial charge in [0.2, 0.25) is 5.91 Å². The number of carboxylic acid groups (broad SMARTS) is 1. The van der Waals surface area contributed by atoms with E-state index in [4.69, 9.17) is 5.11 Å². The van der Waals surface area contributed by atoms with Crippen LogP contribution in [0.25, 0.3) is 0 Å². The number of aliphatic carboxylic acids is 1. The number of amides is 1. The minimum Gasteiger partial charge on any atom is -0.479 e. The van der Waals surface area contributed by atoms with Gasteiger partial charge >= 0.3 is 5.97 Å². The van der Waals surface area contributed by atoms with E-state index in [1.54, 1.807) is 37.3 Å². The van der Waals surface area contributed by atoms with Gasteiger partial charge in [0.25, 0.3) is 0 Å². The maximum absolute atomic E-state index is 11.1. The van der Waals surface area contributed by atoms with Crippen molar-refractivity contribution >= 4 is 11.9 Å². The van der Waals surface area contributed by atoms with Crippen LogP contribution in [0.15, 0.2) is 30.3 Å². The average Bonchev–Trinajstić information content (AvgIpc) is 2.26. The molecule has 0 fully saturated rings. The number of hydrogen-bond donors (Lipinski definition) is 2. The summed E-state index contributed by atoms with van der Waals surface area (Å²) in [7, 11) is 0. The minimum atomic E-state index is -1.05. The first-order valence-electron chi connectivity index (χ1n) is 4.72. The first-order valence-corrected chi connectivity index (χ1v) is 4.72. The molecule has 4 nitrogen and oxygen atoms in total. The first kappa shape index (κ1) is 11.2. The summed E-state index contributed by atoms with van der Waals surface area (Å²) >= 11 is 0. The van der Waals surface area contributed by atoms with E-state index in [0.29, 0.717) is 5.56 Å². The zero-order valence-corrected chi connectivity index (χ0v) is 8.43. The van der Waals surface area contributed by atoms with Crippen molar-refractivity contribution in [3.05, 3.63) is 35.9 Å². The Hall–Kier alpha value is -1.84. The Labute approximate surface area is 87.9 Å². The third kappa shape index (κ3) is 3.09. The standard InChI is InChI=1S/C11H13NO3/c1-2-9(13)12-10(11(14)15)8-6-4-3-5-7-8/h3-7,10H,2H2,1H3,(H,12,13)(H,14,15). The van der Waals surface area contributed by atoms with Crippen molar-refractivity contribution < 1.29 is 14.7 Å². The largest absolute Gasteiger partial charge is 0.479 e. The fourth-order valence-corrected chi connectivity index (χ4v) is 1.20. The van der Waals surface area contributed by atoms with Crippen molar-refractivity contribution in [1.29, 1.82) is 0 Å². The molecule has 1 amide bonds. The monoisotopic (exact) mass is 207 g/mol.